The predicted octanol–water partition coefficient (Wildman–Crippen LogP) is 1.18. The number of pyridine rings is 1. The number of aromatic amines is 1. The van der Waals surface area contributed by atoms with Crippen molar-refractivity contribution in [1.82, 2.24) is 14.8 Å². The molecule has 0 aliphatic carbocycles. The SMILES string of the molecule is CC(C)CCN1CCN(C(=O)c2ccc[nH]c2=O)CC1. The number of carbonyl (C=O) groups is 1. The van der Waals surface area contributed by atoms with Gasteiger partial charge in [-0.05, 0) is 31.0 Å². The van der Waals surface area contributed by atoms with E-state index in [0.717, 1.165) is 19.6 Å². The van der Waals surface area contributed by atoms with Gasteiger partial charge in [-0.2, -0.15) is 0 Å². The first-order chi connectivity index (χ1) is 9.58. The molecule has 0 saturated carbocycles. The van der Waals surface area contributed by atoms with E-state index in [9.17, 15) is 9.59 Å². The second-order valence-corrected chi connectivity index (χ2v) is 5.73. The van der Waals surface area contributed by atoms with E-state index in [2.05, 4.69) is 23.7 Å². The molecule has 0 spiro atoms. The molecule has 1 N–H and O–H groups in total. The van der Waals surface area contributed by atoms with Gasteiger partial charge in [0.25, 0.3) is 11.5 Å². The zero-order chi connectivity index (χ0) is 14.5. The van der Waals surface area contributed by atoms with Crippen molar-refractivity contribution in [2.24, 2.45) is 5.92 Å². The van der Waals surface area contributed by atoms with Gasteiger partial charge in [0.05, 0.1) is 0 Å². The number of H-pyrrole nitrogens is 1. The normalized spacial score (nSPS) is 16.6. The van der Waals surface area contributed by atoms with Crippen LogP contribution in [0.3, 0.4) is 0 Å². The van der Waals surface area contributed by atoms with Crippen LogP contribution in [-0.4, -0.2) is 53.4 Å². The fourth-order valence-corrected chi connectivity index (χ4v) is 2.38. The maximum atomic E-state index is 12.3. The van der Waals surface area contributed by atoms with Gasteiger partial charge in [-0.25, -0.2) is 0 Å². The molecule has 2 heterocycles. The molecule has 1 aromatic heterocycles. The van der Waals surface area contributed by atoms with Crippen LogP contribution in [0, 0.1) is 5.92 Å². The summed E-state index contributed by atoms with van der Waals surface area (Å²) in [7, 11) is 0. The molecule has 110 valence electrons. The number of piperazine rings is 1. The van der Waals surface area contributed by atoms with Crippen LogP contribution >= 0.6 is 0 Å². The van der Waals surface area contributed by atoms with Gasteiger partial charge in [0, 0.05) is 32.4 Å². The van der Waals surface area contributed by atoms with Gasteiger partial charge in [0.1, 0.15) is 5.56 Å². The summed E-state index contributed by atoms with van der Waals surface area (Å²) in [4.78, 5) is 30.6. The van der Waals surface area contributed by atoms with Crippen molar-refractivity contribution < 1.29 is 4.79 Å². The number of carbonyl (C=O) groups excluding carboxylic acids is 1. The van der Waals surface area contributed by atoms with Crippen molar-refractivity contribution in [1.29, 1.82) is 0 Å². The van der Waals surface area contributed by atoms with Crippen LogP contribution in [0.4, 0.5) is 0 Å². The number of aromatic nitrogens is 1. The number of nitrogens with zero attached hydrogens (tertiary/aromatic N) is 2. The van der Waals surface area contributed by atoms with Gasteiger partial charge in [-0.1, -0.05) is 13.8 Å². The number of hydrogen-bond acceptors (Lipinski definition) is 3. The summed E-state index contributed by atoms with van der Waals surface area (Å²) in [6.45, 7) is 8.72. The lowest BCUT2D eigenvalue weighted by Gasteiger charge is -2.34. The zero-order valence-corrected chi connectivity index (χ0v) is 12.3. The van der Waals surface area contributed by atoms with Gasteiger partial charge in [0.15, 0.2) is 0 Å². The van der Waals surface area contributed by atoms with Gasteiger partial charge >= 0.3 is 0 Å². The van der Waals surface area contributed by atoms with E-state index in [1.807, 2.05) is 0 Å². The predicted molar refractivity (Wildman–Crippen MR) is 78.9 cm³/mol. The van der Waals surface area contributed by atoms with Gasteiger partial charge < -0.3 is 9.88 Å². The highest BCUT2D eigenvalue weighted by Gasteiger charge is 2.23. The quantitative estimate of drug-likeness (QED) is 0.899. The van der Waals surface area contributed by atoms with Crippen LogP contribution in [0.25, 0.3) is 0 Å². The van der Waals surface area contributed by atoms with Crippen molar-refractivity contribution in [2.75, 3.05) is 32.7 Å². The van der Waals surface area contributed by atoms with Gasteiger partial charge in [0.2, 0.25) is 0 Å². The third kappa shape index (κ3) is 3.70. The smallest absolute Gasteiger partial charge is 0.260 e. The standard InChI is InChI=1S/C15H23N3O2/c1-12(2)5-7-17-8-10-18(11-9-17)15(20)13-4-3-6-16-14(13)19/h3-4,6,12H,5,7-11H2,1-2H3,(H,16,19). The van der Waals surface area contributed by atoms with E-state index < -0.39 is 0 Å². The first kappa shape index (κ1) is 14.8. The van der Waals surface area contributed by atoms with Crippen LogP contribution in [0.2, 0.25) is 0 Å². The fraction of sp³-hybridized carbons (Fsp3) is 0.600. The topological polar surface area (TPSA) is 56.4 Å². The second kappa shape index (κ2) is 6.70. The molecule has 0 atom stereocenters. The van der Waals surface area contributed by atoms with Crippen LogP contribution in [-0.2, 0) is 0 Å². The summed E-state index contributed by atoms with van der Waals surface area (Å²) in [6.07, 6.45) is 2.73. The molecule has 0 aromatic carbocycles. The molecular weight excluding hydrogens is 254 g/mol. The summed E-state index contributed by atoms with van der Waals surface area (Å²) >= 11 is 0. The molecule has 5 heteroatoms. The summed E-state index contributed by atoms with van der Waals surface area (Å²) in [6, 6.07) is 3.28. The number of amides is 1. The summed E-state index contributed by atoms with van der Waals surface area (Å²) < 4.78 is 0. The zero-order valence-electron chi connectivity index (χ0n) is 12.3. The van der Waals surface area contributed by atoms with Gasteiger partial charge in [-0.3, -0.25) is 14.5 Å². The maximum Gasteiger partial charge on any atom is 0.260 e. The molecule has 20 heavy (non-hydrogen) atoms. The molecule has 1 aliphatic heterocycles. The highest BCUT2D eigenvalue weighted by atomic mass is 16.2. The first-order valence-corrected chi connectivity index (χ1v) is 7.27. The molecule has 0 unspecified atom stereocenters. The molecule has 1 amide bonds. The van der Waals surface area contributed by atoms with Crippen LogP contribution in [0.15, 0.2) is 23.1 Å². The lowest BCUT2D eigenvalue weighted by atomic mass is 10.1. The fourth-order valence-electron chi connectivity index (χ4n) is 2.38. The van der Waals surface area contributed by atoms with Gasteiger partial charge in [-0.15, -0.1) is 0 Å². The van der Waals surface area contributed by atoms with E-state index in [0.29, 0.717) is 19.0 Å². The average molecular weight is 277 g/mol. The number of hydrogen-bond donors (Lipinski definition) is 1. The average Bonchev–Trinajstić information content (AvgIpc) is 2.45. The third-order valence-electron chi connectivity index (χ3n) is 3.73. The molecule has 1 saturated heterocycles. The summed E-state index contributed by atoms with van der Waals surface area (Å²) in [5, 5.41) is 0. The van der Waals surface area contributed by atoms with Crippen molar-refractivity contribution in [3.05, 3.63) is 34.2 Å². The van der Waals surface area contributed by atoms with Crippen LogP contribution in [0.5, 0.6) is 0 Å². The number of nitrogens with one attached hydrogen (secondary N) is 1. The molecule has 1 aliphatic rings. The Morgan fingerprint density at radius 1 is 1.30 bits per heavy atom. The van der Waals surface area contributed by atoms with E-state index in [1.165, 1.54) is 6.42 Å². The second-order valence-electron chi connectivity index (χ2n) is 5.73. The van der Waals surface area contributed by atoms with Crippen molar-refractivity contribution in [3.63, 3.8) is 0 Å². The lowest BCUT2D eigenvalue weighted by molar-refractivity contribution is 0.0630. The van der Waals surface area contributed by atoms with Crippen molar-refractivity contribution in [3.8, 4) is 0 Å². The summed E-state index contributed by atoms with van der Waals surface area (Å²) in [5.74, 6) is 0.549. The molecule has 1 fully saturated rings. The Hall–Kier alpha value is -1.62. The van der Waals surface area contributed by atoms with E-state index in [4.69, 9.17) is 0 Å². The van der Waals surface area contributed by atoms with Crippen LogP contribution in [0.1, 0.15) is 30.6 Å². The molecular formula is C15H23N3O2. The van der Waals surface area contributed by atoms with E-state index in [1.54, 1.807) is 23.2 Å². The summed E-state index contributed by atoms with van der Waals surface area (Å²) in [5.41, 5.74) is -0.0668. The monoisotopic (exact) mass is 277 g/mol. The highest BCUT2D eigenvalue weighted by Crippen LogP contribution is 2.08. The van der Waals surface area contributed by atoms with Crippen molar-refractivity contribution in [2.45, 2.75) is 20.3 Å². The molecule has 0 bridgehead atoms. The first-order valence-electron chi connectivity index (χ1n) is 7.27. The Morgan fingerprint density at radius 3 is 2.60 bits per heavy atom. The Kier molecular flexibility index (Phi) is 4.95. The minimum atomic E-state index is -0.306. The highest BCUT2D eigenvalue weighted by molar-refractivity contribution is 5.93. The Morgan fingerprint density at radius 2 is 2.00 bits per heavy atom. The lowest BCUT2D eigenvalue weighted by Crippen LogP contribution is -2.49. The Labute approximate surface area is 119 Å². The van der Waals surface area contributed by atoms with Crippen LogP contribution < -0.4 is 5.56 Å². The number of rotatable bonds is 4. The van der Waals surface area contributed by atoms with E-state index in [-0.39, 0.29) is 17.0 Å². The van der Waals surface area contributed by atoms with E-state index >= 15 is 0 Å². The minimum Gasteiger partial charge on any atom is -0.336 e. The molecule has 0 radical (unpaired) electrons. The van der Waals surface area contributed by atoms with Crippen molar-refractivity contribution >= 4 is 5.91 Å². The molecule has 1 aromatic rings. The largest absolute Gasteiger partial charge is 0.336 e. The molecule has 5 nitrogen and oxygen atoms in total. The maximum absolute atomic E-state index is 12.3. The Balaban J connectivity index is 1.89. The molecule has 2 rings (SSSR count). The minimum absolute atomic E-state index is 0.157. The third-order valence-corrected chi connectivity index (χ3v) is 3.73. The Bertz CT molecular complexity index is 502.